The van der Waals surface area contributed by atoms with E-state index in [2.05, 4.69) is 35.4 Å². The molecule has 0 aliphatic heterocycles. The van der Waals surface area contributed by atoms with Crippen LogP contribution in [0.25, 0.3) is 0 Å². The van der Waals surface area contributed by atoms with E-state index in [1.807, 2.05) is 6.20 Å². The third kappa shape index (κ3) is 3.38. The van der Waals surface area contributed by atoms with E-state index in [4.69, 9.17) is 0 Å². The highest BCUT2D eigenvalue weighted by molar-refractivity contribution is 7.99. The Labute approximate surface area is 121 Å². The van der Waals surface area contributed by atoms with Crippen molar-refractivity contribution in [1.82, 2.24) is 19.3 Å². The smallest absolute Gasteiger partial charge is 0.306 e. The molecule has 0 aliphatic carbocycles. The number of imidazole rings is 1. The predicted molar refractivity (Wildman–Crippen MR) is 76.8 cm³/mol. The maximum Gasteiger partial charge on any atom is 0.306 e. The molecule has 0 aromatic carbocycles. The second-order valence-electron chi connectivity index (χ2n) is 5.32. The van der Waals surface area contributed by atoms with Crippen LogP contribution >= 0.6 is 11.8 Å². The van der Waals surface area contributed by atoms with Gasteiger partial charge in [0.05, 0.1) is 11.5 Å². The lowest BCUT2D eigenvalue weighted by Crippen LogP contribution is -2.21. The molecule has 0 saturated heterocycles. The highest BCUT2D eigenvalue weighted by Gasteiger charge is 2.17. The monoisotopic (exact) mass is 295 g/mol. The zero-order valence-corrected chi connectivity index (χ0v) is 12.5. The Balaban J connectivity index is 1.93. The van der Waals surface area contributed by atoms with Crippen LogP contribution in [0.15, 0.2) is 29.9 Å². The number of rotatable bonds is 5. The summed E-state index contributed by atoms with van der Waals surface area (Å²) in [6, 6.07) is 0. The van der Waals surface area contributed by atoms with E-state index in [1.165, 1.54) is 12.4 Å². The van der Waals surface area contributed by atoms with Gasteiger partial charge >= 0.3 is 5.69 Å². The van der Waals surface area contributed by atoms with Crippen LogP contribution in [0.5, 0.6) is 0 Å². The minimum atomic E-state index is -0.442. The number of aryl methyl sites for hydroxylation is 1. The van der Waals surface area contributed by atoms with Gasteiger partial charge in [-0.05, 0) is 20.8 Å². The van der Waals surface area contributed by atoms with Crippen LogP contribution in [-0.4, -0.2) is 30.0 Å². The molecule has 0 aliphatic rings. The first-order chi connectivity index (χ1) is 9.38. The molecule has 0 unspecified atom stereocenters. The average molecular weight is 295 g/mol. The molecular weight excluding hydrogens is 278 g/mol. The van der Waals surface area contributed by atoms with Gasteiger partial charge in [-0.25, -0.2) is 4.98 Å². The molecule has 2 aromatic heterocycles. The summed E-state index contributed by atoms with van der Waals surface area (Å²) in [5.41, 5.74) is 0.00903. The van der Waals surface area contributed by atoms with Gasteiger partial charge in [-0.1, -0.05) is 11.8 Å². The van der Waals surface area contributed by atoms with Crippen LogP contribution in [-0.2, 0) is 12.1 Å². The van der Waals surface area contributed by atoms with Crippen LogP contribution in [0.2, 0.25) is 0 Å². The molecule has 0 radical (unpaired) electrons. The van der Waals surface area contributed by atoms with Crippen molar-refractivity contribution in [3.63, 3.8) is 0 Å². The van der Waals surface area contributed by atoms with Crippen LogP contribution in [0.3, 0.4) is 0 Å². The zero-order chi connectivity index (χ0) is 14.8. The predicted octanol–water partition coefficient (Wildman–Crippen LogP) is 2.54. The van der Waals surface area contributed by atoms with Crippen molar-refractivity contribution in [2.45, 2.75) is 38.0 Å². The average Bonchev–Trinajstić information content (AvgIpc) is 2.96. The molecule has 0 fully saturated rings. The summed E-state index contributed by atoms with van der Waals surface area (Å²) in [4.78, 5) is 14.5. The van der Waals surface area contributed by atoms with Crippen molar-refractivity contribution in [1.29, 1.82) is 0 Å². The quantitative estimate of drug-likeness (QED) is 0.481. The zero-order valence-electron chi connectivity index (χ0n) is 11.7. The van der Waals surface area contributed by atoms with Crippen LogP contribution in [0.1, 0.15) is 20.8 Å². The lowest BCUT2D eigenvalue weighted by Gasteiger charge is -2.22. The van der Waals surface area contributed by atoms with Crippen molar-refractivity contribution in [3.05, 3.63) is 34.9 Å². The van der Waals surface area contributed by atoms with Crippen molar-refractivity contribution in [2.24, 2.45) is 0 Å². The lowest BCUT2D eigenvalue weighted by molar-refractivity contribution is -0.385. The third-order valence-corrected chi connectivity index (χ3v) is 3.66. The summed E-state index contributed by atoms with van der Waals surface area (Å²) >= 11 is 1.61. The van der Waals surface area contributed by atoms with Crippen molar-refractivity contribution in [2.75, 3.05) is 5.75 Å². The molecule has 0 amide bonds. The summed E-state index contributed by atoms with van der Waals surface area (Å²) in [6.07, 6.45) is 6.45. The van der Waals surface area contributed by atoms with Gasteiger partial charge in [-0.2, -0.15) is 5.10 Å². The van der Waals surface area contributed by atoms with Gasteiger partial charge in [0, 0.05) is 23.7 Å². The van der Waals surface area contributed by atoms with Crippen LogP contribution < -0.4 is 0 Å². The summed E-state index contributed by atoms with van der Waals surface area (Å²) in [7, 11) is 0. The van der Waals surface area contributed by atoms with Gasteiger partial charge in [0.2, 0.25) is 0 Å². The molecule has 2 heterocycles. The topological polar surface area (TPSA) is 78.8 Å². The van der Waals surface area contributed by atoms with E-state index in [-0.39, 0.29) is 11.2 Å². The van der Waals surface area contributed by atoms with Crippen LogP contribution in [0, 0.1) is 10.1 Å². The van der Waals surface area contributed by atoms with Gasteiger partial charge in [0.25, 0.3) is 0 Å². The molecule has 20 heavy (non-hydrogen) atoms. The standard InChI is InChI=1S/C12H17N5O2S/c1-12(2,3)16-5-4-13-11(16)20-7-6-15-9-10(8-14-15)17(18)19/h4-5,8-9H,6-7H2,1-3H3. The van der Waals surface area contributed by atoms with E-state index in [0.717, 1.165) is 10.9 Å². The Morgan fingerprint density at radius 2 is 2.20 bits per heavy atom. The summed E-state index contributed by atoms with van der Waals surface area (Å²) in [5.74, 6) is 0.756. The summed E-state index contributed by atoms with van der Waals surface area (Å²) in [6.45, 7) is 6.97. The molecule has 0 spiro atoms. The Kier molecular flexibility index (Phi) is 4.12. The van der Waals surface area contributed by atoms with E-state index in [9.17, 15) is 10.1 Å². The first-order valence-corrected chi connectivity index (χ1v) is 7.20. The lowest BCUT2D eigenvalue weighted by atomic mass is 10.1. The Morgan fingerprint density at radius 3 is 2.80 bits per heavy atom. The highest BCUT2D eigenvalue weighted by Crippen LogP contribution is 2.23. The second-order valence-corrected chi connectivity index (χ2v) is 6.38. The minimum absolute atomic E-state index is 0.0106. The fourth-order valence-corrected chi connectivity index (χ4v) is 2.78. The second kappa shape index (κ2) is 5.66. The Bertz CT molecular complexity index is 599. The Morgan fingerprint density at radius 1 is 1.45 bits per heavy atom. The van der Waals surface area contributed by atoms with Gasteiger partial charge in [-0.3, -0.25) is 14.8 Å². The van der Waals surface area contributed by atoms with E-state index >= 15 is 0 Å². The van der Waals surface area contributed by atoms with E-state index < -0.39 is 4.92 Å². The maximum atomic E-state index is 10.6. The van der Waals surface area contributed by atoms with E-state index in [0.29, 0.717) is 6.54 Å². The van der Waals surface area contributed by atoms with Gasteiger partial charge in [0.15, 0.2) is 5.16 Å². The van der Waals surface area contributed by atoms with Crippen molar-refractivity contribution in [3.8, 4) is 0 Å². The number of nitro groups is 1. The largest absolute Gasteiger partial charge is 0.321 e. The number of nitrogens with zero attached hydrogens (tertiary/aromatic N) is 5. The fraction of sp³-hybridized carbons (Fsp3) is 0.500. The van der Waals surface area contributed by atoms with Crippen molar-refractivity contribution >= 4 is 17.4 Å². The number of aromatic nitrogens is 4. The summed E-state index contributed by atoms with van der Waals surface area (Å²) in [5, 5.41) is 15.5. The number of thioether (sulfide) groups is 1. The first-order valence-electron chi connectivity index (χ1n) is 6.21. The van der Waals surface area contributed by atoms with Crippen LogP contribution in [0.4, 0.5) is 5.69 Å². The molecule has 0 saturated carbocycles. The molecular formula is C12H17N5O2S. The highest BCUT2D eigenvalue weighted by atomic mass is 32.2. The van der Waals surface area contributed by atoms with E-state index in [1.54, 1.807) is 22.6 Å². The molecule has 2 aromatic rings. The Hall–Kier alpha value is -1.83. The summed E-state index contributed by atoms with van der Waals surface area (Å²) < 4.78 is 3.69. The molecule has 7 nitrogen and oxygen atoms in total. The maximum absolute atomic E-state index is 10.6. The minimum Gasteiger partial charge on any atom is -0.321 e. The molecule has 2 rings (SSSR count). The molecule has 0 N–H and O–H groups in total. The normalized spacial score (nSPS) is 11.8. The molecule has 8 heteroatoms. The molecule has 0 atom stereocenters. The van der Waals surface area contributed by atoms with Gasteiger partial charge < -0.3 is 4.57 Å². The molecule has 0 bridgehead atoms. The van der Waals surface area contributed by atoms with Crippen molar-refractivity contribution < 1.29 is 4.92 Å². The third-order valence-electron chi connectivity index (χ3n) is 2.71. The fourth-order valence-electron chi connectivity index (χ4n) is 1.71. The SMILES string of the molecule is CC(C)(C)n1ccnc1SCCn1cc([N+](=O)[O-])cn1. The number of hydrogen-bond donors (Lipinski definition) is 0. The first kappa shape index (κ1) is 14.6. The van der Waals surface area contributed by atoms with Gasteiger partial charge in [-0.15, -0.1) is 0 Å². The number of hydrogen-bond acceptors (Lipinski definition) is 5. The molecule has 108 valence electrons. The van der Waals surface area contributed by atoms with Gasteiger partial charge in [0.1, 0.15) is 12.4 Å².